The average molecular weight is 1280 g/mol. The molecule has 0 amide bonds. The van der Waals surface area contributed by atoms with Gasteiger partial charge in [-0.05, 0) is 15.9 Å². The van der Waals surface area contributed by atoms with Gasteiger partial charge in [-0.2, -0.15) is 43.9 Å². The van der Waals surface area contributed by atoms with Crippen molar-refractivity contribution < 1.29 is 183 Å². The summed E-state index contributed by atoms with van der Waals surface area (Å²) in [5, 5.41) is 0. The fourth-order valence-corrected chi connectivity index (χ4v) is 7.37. The van der Waals surface area contributed by atoms with E-state index >= 15 is 70.2 Å². The molecule has 0 fully saturated rings. The van der Waals surface area contributed by atoms with Crippen LogP contribution in [0, 0.1) is 116 Å². The molecule has 0 saturated heterocycles. The number of hydrogen-bond donors (Lipinski definition) is 0. The van der Waals surface area contributed by atoms with Gasteiger partial charge < -0.3 is 0 Å². The molecule has 424 valence electrons. The predicted molar refractivity (Wildman–Crippen MR) is 201 cm³/mol. The summed E-state index contributed by atoms with van der Waals surface area (Å²) in [5.41, 5.74) is -32.6. The molecular weight excluding hydrogens is 1270 g/mol. The van der Waals surface area contributed by atoms with Gasteiger partial charge in [0, 0.05) is 0 Å². The Morgan fingerprint density at radius 2 is 0.329 bits per heavy atom. The van der Waals surface area contributed by atoms with Crippen molar-refractivity contribution in [2.24, 2.45) is 0 Å². The van der Waals surface area contributed by atoms with Crippen molar-refractivity contribution in [3.05, 3.63) is 179 Å². The van der Waals surface area contributed by atoms with Crippen LogP contribution in [0.1, 0.15) is 35.2 Å². The second-order valence-corrected chi connectivity index (χ2v) is 14.7. The van der Waals surface area contributed by atoms with Gasteiger partial charge in [-0.1, -0.05) is 7.43 Å². The molecule has 5 aromatic carbocycles. The van der Waals surface area contributed by atoms with Crippen molar-refractivity contribution in [2.75, 3.05) is 0 Å². The summed E-state index contributed by atoms with van der Waals surface area (Å²) in [7, 11) is 0. The zero-order valence-corrected chi connectivity index (χ0v) is 38.8. The first-order valence-corrected chi connectivity index (χ1v) is 18.8. The molecule has 0 aliphatic rings. The molecule has 38 heteroatoms. The summed E-state index contributed by atoms with van der Waals surface area (Å²) in [4.78, 5) is 0. The zero-order chi connectivity index (χ0) is 59.6. The van der Waals surface area contributed by atoms with E-state index < -0.39 is 236 Å². The summed E-state index contributed by atoms with van der Waals surface area (Å²) in [6, 6.07) is 0. The Bertz CT molecular complexity index is 3010. The van der Waals surface area contributed by atoms with E-state index in [1.807, 2.05) is 0 Å². The smallest absolute Gasteiger partial charge is 0.207 e. The minimum absolute atomic E-state index is 0. The molecule has 5 aromatic rings. The molecule has 5 rings (SSSR count). The summed E-state index contributed by atoms with van der Waals surface area (Å²) < 4.78 is 501. The van der Waals surface area contributed by atoms with Crippen molar-refractivity contribution in [1.29, 1.82) is 0 Å². The number of benzene rings is 5. The van der Waals surface area contributed by atoms with Gasteiger partial charge in [0.2, 0.25) is 29.1 Å². The molecule has 0 aromatic heterocycles. The van der Waals surface area contributed by atoms with Crippen LogP contribution in [0.4, 0.5) is 154 Å². The van der Waals surface area contributed by atoms with Crippen molar-refractivity contribution in [2.45, 2.75) is 7.43 Å². The number of halogens is 36. The molecule has 0 saturated carbocycles. The van der Waals surface area contributed by atoms with E-state index in [9.17, 15) is 83.4 Å². The SMILES string of the molecule is C.FC(F)=C(F)c1c(F)c(F)c(Br)c(F)c1F.FC(F)=C(F)c1c(F)c(F)c([B-](c2c(F)c(F)c(C(F)=C(F)F)c(F)c2F)(c2c(F)c(F)c(C(F)=C(F)F)c(F)c2F)c2c(F)c(F)c(C(F)=C(F)F)c(F)c2F)c(F)c1F.[Na+]. The summed E-state index contributed by atoms with van der Waals surface area (Å²) >= 11 is 2.15. The van der Waals surface area contributed by atoms with Crippen molar-refractivity contribution in [3.63, 3.8) is 0 Å². The normalized spacial score (nSPS) is 11.1. The summed E-state index contributed by atoms with van der Waals surface area (Å²) in [5.74, 6) is -92.4. The third-order valence-electron chi connectivity index (χ3n) is 10.1. The van der Waals surface area contributed by atoms with Gasteiger partial charge in [0.25, 0.3) is 0 Å². The standard InChI is InChI=1S/C32BF28.C8BrF7.CH4.Na/c34-9-1(17(42)29(54)55)10(35)22(47)5(21(9)46)33(6-23(48)11(36)2(12(37)24(6)49)18(43)30(56)57,7-25(50)13(38)3(14(39)26(7)51)19(44)31(58)59)8-27(52)15(40)4(16(41)28(8)53)20(45)32(60)61;9-2-6(13)3(10)1(4(11)7(2)14)5(12)8(15)16;;/h;;1H4;/q-1;;;+1. The number of hydrogen-bond acceptors (Lipinski definition) is 0. The fourth-order valence-electron chi connectivity index (χ4n) is 7.02. The maximum atomic E-state index is 16.2. The van der Waals surface area contributed by atoms with Crippen LogP contribution in [0.5, 0.6) is 0 Å². The molecule has 0 aliphatic heterocycles. The van der Waals surface area contributed by atoms with E-state index in [1.165, 1.54) is 0 Å². The van der Waals surface area contributed by atoms with Gasteiger partial charge in [0.05, 0.1) is 32.3 Å². The topological polar surface area (TPSA) is 0 Å². The zero-order valence-electron chi connectivity index (χ0n) is 35.2. The van der Waals surface area contributed by atoms with Gasteiger partial charge in [0.15, 0.2) is 69.8 Å². The van der Waals surface area contributed by atoms with Crippen LogP contribution in [0.25, 0.3) is 29.1 Å². The average Bonchev–Trinajstić information content (AvgIpc) is 3.35. The molecule has 0 spiro atoms. The van der Waals surface area contributed by atoms with Gasteiger partial charge in [0.1, 0.15) is 52.7 Å². The first kappa shape index (κ1) is 69.0. The van der Waals surface area contributed by atoms with Crippen LogP contribution in [-0.2, 0) is 0 Å². The largest absolute Gasteiger partial charge is 1.00 e. The molecule has 0 bridgehead atoms. The molecule has 0 aliphatic carbocycles. The molecule has 79 heavy (non-hydrogen) atoms. The Morgan fingerprint density at radius 1 is 0.215 bits per heavy atom. The summed E-state index contributed by atoms with van der Waals surface area (Å²) in [6.45, 7) is 0. The maximum absolute atomic E-state index is 16.2. The molecular formula is C41H4BBrF35Na. The van der Waals surface area contributed by atoms with Crippen molar-refractivity contribution in [3.8, 4) is 0 Å². The molecule has 0 nitrogen and oxygen atoms in total. The van der Waals surface area contributed by atoms with E-state index in [2.05, 4.69) is 15.9 Å². The van der Waals surface area contributed by atoms with Crippen LogP contribution >= 0.6 is 15.9 Å². The second-order valence-electron chi connectivity index (χ2n) is 13.9. The van der Waals surface area contributed by atoms with E-state index in [0.717, 1.165) is 0 Å². The van der Waals surface area contributed by atoms with Crippen molar-refractivity contribution in [1.82, 2.24) is 0 Å². The summed E-state index contributed by atoms with van der Waals surface area (Å²) in [6.07, 6.45) is -27.3. The minimum Gasteiger partial charge on any atom is -0.207 e. The first-order chi connectivity index (χ1) is 35.3. The van der Waals surface area contributed by atoms with Crippen LogP contribution in [0.2, 0.25) is 0 Å². The van der Waals surface area contributed by atoms with Gasteiger partial charge in [-0.3, -0.25) is 0 Å². The van der Waals surface area contributed by atoms with Crippen LogP contribution in [-0.4, -0.2) is 6.15 Å². The van der Waals surface area contributed by atoms with E-state index in [0.29, 0.717) is 0 Å². The van der Waals surface area contributed by atoms with Gasteiger partial charge >= 0.3 is 60.0 Å². The second kappa shape index (κ2) is 25.1. The predicted octanol–water partition coefficient (Wildman–Crippen LogP) is 13.6. The molecule has 0 unspecified atom stereocenters. The first-order valence-electron chi connectivity index (χ1n) is 18.0. The molecule has 0 N–H and O–H groups in total. The van der Waals surface area contributed by atoms with Gasteiger partial charge in [-0.25, -0.2) is 110 Å². The van der Waals surface area contributed by atoms with Gasteiger partial charge in [-0.15, -0.1) is 21.9 Å². The Hall–Kier alpha value is -6.11. The Kier molecular flexibility index (Phi) is 22.0. The van der Waals surface area contributed by atoms with Crippen LogP contribution in [0.15, 0.2) is 34.9 Å². The van der Waals surface area contributed by atoms with E-state index in [4.69, 9.17) is 0 Å². The molecule has 0 atom stereocenters. The molecule has 0 heterocycles. The maximum Gasteiger partial charge on any atom is 1.00 e. The monoisotopic (exact) mass is 1270 g/mol. The Balaban J connectivity index is 0.00000102. The minimum atomic E-state index is -8.01. The fraction of sp³-hybridized carbons (Fsp3) is 0.0244. The van der Waals surface area contributed by atoms with E-state index in [1.54, 1.807) is 0 Å². The molecule has 0 radical (unpaired) electrons. The van der Waals surface area contributed by atoms with Crippen LogP contribution < -0.4 is 51.4 Å². The van der Waals surface area contributed by atoms with Crippen molar-refractivity contribution >= 4 is 73.1 Å². The van der Waals surface area contributed by atoms with Crippen LogP contribution in [0.3, 0.4) is 0 Å². The van der Waals surface area contributed by atoms with E-state index in [-0.39, 0.29) is 37.0 Å². The quantitative estimate of drug-likeness (QED) is 0.0597. The third-order valence-corrected chi connectivity index (χ3v) is 10.8. The number of rotatable bonds is 9. The Labute approximate surface area is 441 Å². The Morgan fingerprint density at radius 3 is 0.443 bits per heavy atom. The third kappa shape index (κ3) is 11.1.